The van der Waals surface area contributed by atoms with Gasteiger partial charge in [0.15, 0.2) is 11.3 Å². The van der Waals surface area contributed by atoms with Gasteiger partial charge < -0.3 is 5.11 Å². The number of carboxylic acid groups (broad SMARTS) is 1. The minimum absolute atomic E-state index is 0.0276. The van der Waals surface area contributed by atoms with E-state index in [4.69, 9.17) is 5.11 Å². The summed E-state index contributed by atoms with van der Waals surface area (Å²) >= 11 is 0. The highest BCUT2D eigenvalue weighted by molar-refractivity contribution is 6.09. The van der Waals surface area contributed by atoms with Crippen LogP contribution in [-0.4, -0.2) is 28.9 Å². The van der Waals surface area contributed by atoms with Crippen molar-refractivity contribution in [2.24, 2.45) is 5.92 Å². The fraction of sp³-hybridized carbons (Fsp3) is 0.778. The van der Waals surface area contributed by atoms with Crippen molar-refractivity contribution in [3.63, 3.8) is 0 Å². The molecule has 1 saturated carbocycles. The number of carbonyl (C=O) groups is 2. The maximum absolute atomic E-state index is 11.6. The highest BCUT2D eigenvalue weighted by Crippen LogP contribution is 2.33. The quantitative estimate of drug-likeness (QED) is 0.609. The maximum atomic E-state index is 11.6. The molecule has 1 unspecified atom stereocenters. The molecule has 1 atom stereocenters. The normalized spacial score (nSPS) is 20.8. The Morgan fingerprint density at radius 1 is 1.54 bits per heavy atom. The van der Waals surface area contributed by atoms with Gasteiger partial charge in [-0.15, -0.1) is 0 Å². The van der Waals surface area contributed by atoms with Crippen LogP contribution in [0.1, 0.15) is 26.7 Å². The number of carbonyl (C=O) groups excluding carboxylic acids is 1. The molecule has 1 aliphatic rings. The fourth-order valence-corrected chi connectivity index (χ4v) is 1.38. The maximum Gasteiger partial charge on any atom is 0.331 e. The third kappa shape index (κ3) is 1.88. The first-order valence-electron chi connectivity index (χ1n) is 4.55. The average Bonchev–Trinajstić information content (AvgIpc) is 2.85. The Labute approximate surface area is 77.3 Å². The van der Waals surface area contributed by atoms with Crippen LogP contribution in [0.4, 0.5) is 0 Å². The summed E-state index contributed by atoms with van der Waals surface area (Å²) in [6.45, 7) is 3.72. The van der Waals surface area contributed by atoms with Gasteiger partial charge in [0.05, 0.1) is 0 Å². The van der Waals surface area contributed by atoms with E-state index in [9.17, 15) is 9.59 Å². The molecule has 0 bridgehead atoms. The number of Topliss-reactive ketones (excluding diaryl/α,β-unsaturated/α-hetero) is 1. The van der Waals surface area contributed by atoms with Gasteiger partial charge in [0.1, 0.15) is 0 Å². The van der Waals surface area contributed by atoms with Gasteiger partial charge in [-0.2, -0.15) is 0 Å². The van der Waals surface area contributed by atoms with Crippen LogP contribution in [0, 0.1) is 5.92 Å². The van der Waals surface area contributed by atoms with Gasteiger partial charge in [-0.3, -0.25) is 10.1 Å². The molecule has 0 radical (unpaired) electrons. The van der Waals surface area contributed by atoms with Crippen molar-refractivity contribution in [3.8, 4) is 0 Å². The second-order valence-corrected chi connectivity index (χ2v) is 3.60. The fourth-order valence-electron chi connectivity index (χ4n) is 1.38. The van der Waals surface area contributed by atoms with Crippen molar-refractivity contribution in [1.82, 2.24) is 5.32 Å². The average molecular weight is 185 g/mol. The van der Waals surface area contributed by atoms with E-state index >= 15 is 0 Å². The SMILES string of the molecule is CCNC(C)(C(=O)O)C(=O)C1CC1. The molecule has 0 aliphatic heterocycles. The molecule has 2 N–H and O–H groups in total. The van der Waals surface area contributed by atoms with Crippen LogP contribution in [0.3, 0.4) is 0 Å². The highest BCUT2D eigenvalue weighted by Gasteiger charge is 2.47. The zero-order valence-electron chi connectivity index (χ0n) is 7.96. The minimum atomic E-state index is -1.38. The summed E-state index contributed by atoms with van der Waals surface area (Å²) < 4.78 is 0. The summed E-state index contributed by atoms with van der Waals surface area (Å²) in [5.41, 5.74) is -1.38. The lowest BCUT2D eigenvalue weighted by atomic mass is 9.93. The van der Waals surface area contributed by atoms with Crippen molar-refractivity contribution in [3.05, 3.63) is 0 Å². The predicted molar refractivity (Wildman–Crippen MR) is 47.4 cm³/mol. The molecule has 74 valence electrons. The van der Waals surface area contributed by atoms with Crippen LogP contribution in [0.25, 0.3) is 0 Å². The Bertz CT molecular complexity index is 235. The van der Waals surface area contributed by atoms with Crippen molar-refractivity contribution in [2.45, 2.75) is 32.2 Å². The first-order chi connectivity index (χ1) is 6.02. The van der Waals surface area contributed by atoms with E-state index < -0.39 is 11.5 Å². The predicted octanol–water partition coefficient (Wildman–Crippen LogP) is 0.418. The van der Waals surface area contributed by atoms with Gasteiger partial charge in [-0.05, 0) is 26.3 Å². The zero-order valence-corrected chi connectivity index (χ0v) is 7.96. The Balaban J connectivity index is 2.75. The zero-order chi connectivity index (χ0) is 10.1. The smallest absolute Gasteiger partial charge is 0.331 e. The van der Waals surface area contributed by atoms with Crippen LogP contribution >= 0.6 is 0 Å². The molecule has 0 amide bonds. The lowest BCUT2D eigenvalue weighted by Gasteiger charge is -2.23. The van der Waals surface area contributed by atoms with Crippen molar-refractivity contribution in [1.29, 1.82) is 0 Å². The monoisotopic (exact) mass is 185 g/mol. The summed E-state index contributed by atoms with van der Waals surface area (Å²) in [6.07, 6.45) is 1.68. The molecule has 4 heteroatoms. The molecule has 13 heavy (non-hydrogen) atoms. The second kappa shape index (κ2) is 3.46. The number of hydrogen-bond acceptors (Lipinski definition) is 3. The van der Waals surface area contributed by atoms with E-state index in [1.165, 1.54) is 6.92 Å². The molecule has 1 fully saturated rings. The number of nitrogens with one attached hydrogen (secondary N) is 1. The van der Waals surface area contributed by atoms with Gasteiger partial charge in [0.25, 0.3) is 0 Å². The van der Waals surface area contributed by atoms with Gasteiger partial charge in [-0.25, -0.2) is 4.79 Å². The Morgan fingerprint density at radius 2 is 2.08 bits per heavy atom. The lowest BCUT2D eigenvalue weighted by molar-refractivity contribution is -0.149. The number of aliphatic carboxylic acids is 1. The Kier molecular flexibility index (Phi) is 2.71. The molecular formula is C9H15NO3. The van der Waals surface area contributed by atoms with Crippen LogP contribution < -0.4 is 5.32 Å². The molecular weight excluding hydrogens is 170 g/mol. The van der Waals surface area contributed by atoms with Crippen molar-refractivity contribution >= 4 is 11.8 Å². The van der Waals surface area contributed by atoms with E-state index in [0.29, 0.717) is 6.54 Å². The summed E-state index contributed by atoms with van der Waals surface area (Å²) in [6, 6.07) is 0. The standard InChI is InChI=1S/C9H15NO3/c1-3-10-9(2,8(12)13)7(11)6-4-5-6/h6,10H,3-5H2,1-2H3,(H,12,13). The number of likely N-dealkylation sites (N-methyl/N-ethyl adjacent to an activating group) is 1. The molecule has 0 heterocycles. The molecule has 0 aromatic rings. The summed E-state index contributed by atoms with van der Waals surface area (Å²) in [7, 11) is 0. The van der Waals surface area contributed by atoms with Crippen LogP contribution in [-0.2, 0) is 9.59 Å². The van der Waals surface area contributed by atoms with E-state index in [-0.39, 0.29) is 11.7 Å². The highest BCUT2D eigenvalue weighted by atomic mass is 16.4. The number of hydrogen-bond donors (Lipinski definition) is 2. The lowest BCUT2D eigenvalue weighted by Crippen LogP contribution is -2.56. The number of carboxylic acids is 1. The number of ketones is 1. The summed E-state index contributed by atoms with van der Waals surface area (Å²) in [5.74, 6) is -1.28. The van der Waals surface area contributed by atoms with Crippen LogP contribution in [0.15, 0.2) is 0 Å². The molecule has 0 spiro atoms. The van der Waals surface area contributed by atoms with Crippen molar-refractivity contribution in [2.75, 3.05) is 6.54 Å². The van der Waals surface area contributed by atoms with Gasteiger partial charge in [-0.1, -0.05) is 6.92 Å². The largest absolute Gasteiger partial charge is 0.480 e. The van der Waals surface area contributed by atoms with E-state index in [1.54, 1.807) is 6.92 Å². The van der Waals surface area contributed by atoms with Crippen LogP contribution in [0.5, 0.6) is 0 Å². The number of rotatable bonds is 5. The van der Waals surface area contributed by atoms with Crippen LogP contribution in [0.2, 0.25) is 0 Å². The van der Waals surface area contributed by atoms with Gasteiger partial charge in [0, 0.05) is 5.92 Å². The van der Waals surface area contributed by atoms with E-state index in [0.717, 1.165) is 12.8 Å². The topological polar surface area (TPSA) is 66.4 Å². The Morgan fingerprint density at radius 3 is 2.38 bits per heavy atom. The first kappa shape index (κ1) is 10.2. The third-order valence-corrected chi connectivity index (χ3v) is 2.40. The summed E-state index contributed by atoms with van der Waals surface area (Å²) in [5, 5.41) is 11.7. The molecule has 1 aliphatic carbocycles. The van der Waals surface area contributed by atoms with E-state index in [2.05, 4.69) is 5.32 Å². The molecule has 0 aromatic carbocycles. The van der Waals surface area contributed by atoms with Crippen molar-refractivity contribution < 1.29 is 14.7 Å². The minimum Gasteiger partial charge on any atom is -0.480 e. The molecule has 0 aromatic heterocycles. The third-order valence-electron chi connectivity index (χ3n) is 2.40. The first-order valence-corrected chi connectivity index (χ1v) is 4.55. The van der Waals surface area contributed by atoms with Gasteiger partial charge >= 0.3 is 5.97 Å². The molecule has 1 rings (SSSR count). The van der Waals surface area contributed by atoms with Gasteiger partial charge in [0.2, 0.25) is 0 Å². The Hall–Kier alpha value is -0.900. The second-order valence-electron chi connectivity index (χ2n) is 3.60. The summed E-state index contributed by atoms with van der Waals surface area (Å²) in [4.78, 5) is 22.5. The van der Waals surface area contributed by atoms with E-state index in [1.807, 2.05) is 0 Å². The molecule has 4 nitrogen and oxygen atoms in total. The molecule has 0 saturated heterocycles.